The molecule has 54 heavy (non-hydrogen) atoms. The molecule has 0 aliphatic rings. The average molecular weight is 703 g/mol. The lowest BCUT2D eigenvalue weighted by molar-refractivity contribution is 1.13. The summed E-state index contributed by atoms with van der Waals surface area (Å²) in [5.41, 5.74) is 15.3. The molecule has 4 aromatic carbocycles. The molecule has 8 aromatic rings. The molecule has 0 bridgehead atoms. The highest BCUT2D eigenvalue weighted by atomic mass is 15.1. The summed E-state index contributed by atoms with van der Waals surface area (Å²) in [6.45, 7) is 12.2. The molecule has 8 rings (SSSR count). The number of hydrogen-bond acceptors (Lipinski definition) is 4. The Balaban J connectivity index is 0.00000120. The van der Waals surface area contributed by atoms with Crippen LogP contribution in [0.15, 0.2) is 146 Å². The van der Waals surface area contributed by atoms with Gasteiger partial charge in [-0.15, -0.1) is 0 Å². The van der Waals surface area contributed by atoms with Crippen LogP contribution in [-0.4, -0.2) is 19.1 Å². The van der Waals surface area contributed by atoms with Gasteiger partial charge in [-0.2, -0.15) is 10.5 Å². The smallest absolute Gasteiger partial charge is 0.0991 e. The fraction of sp³-hybridized carbons (Fsp3) is 0.125. The second-order valence-electron chi connectivity index (χ2n) is 12.3. The van der Waals surface area contributed by atoms with Crippen LogP contribution in [-0.2, 0) is 0 Å². The highest BCUT2D eigenvalue weighted by Crippen LogP contribution is 2.51. The number of pyridine rings is 2. The van der Waals surface area contributed by atoms with Gasteiger partial charge in [0.15, 0.2) is 0 Å². The van der Waals surface area contributed by atoms with Crippen molar-refractivity contribution in [3.05, 3.63) is 168 Å². The lowest BCUT2D eigenvalue weighted by Gasteiger charge is -2.18. The normalized spacial score (nSPS) is 10.4. The monoisotopic (exact) mass is 702 g/mol. The summed E-state index contributed by atoms with van der Waals surface area (Å²) in [4.78, 5) is 9.20. The fourth-order valence-electron chi connectivity index (χ4n) is 6.77. The van der Waals surface area contributed by atoms with Gasteiger partial charge in [0.25, 0.3) is 0 Å². The Kier molecular flexibility index (Phi) is 11.3. The maximum Gasteiger partial charge on any atom is 0.0991 e. The van der Waals surface area contributed by atoms with Crippen LogP contribution in [0.25, 0.3) is 67.2 Å². The summed E-state index contributed by atoms with van der Waals surface area (Å²) in [6, 6.07) is 45.5. The van der Waals surface area contributed by atoms with Gasteiger partial charge in [0.1, 0.15) is 0 Å². The van der Waals surface area contributed by atoms with Gasteiger partial charge < -0.3 is 9.13 Å². The number of fused-ring (bicyclic) bond motifs is 1. The summed E-state index contributed by atoms with van der Waals surface area (Å²) >= 11 is 0. The molecular weight excluding hydrogens is 661 g/mol. The number of benzene rings is 4. The van der Waals surface area contributed by atoms with Crippen molar-refractivity contribution >= 4 is 11.0 Å². The Hall–Kier alpha value is -7.02. The van der Waals surface area contributed by atoms with E-state index in [2.05, 4.69) is 106 Å². The van der Waals surface area contributed by atoms with Gasteiger partial charge in [0.05, 0.1) is 45.7 Å². The standard InChI is InChI=1S/C44H30N6.2C2H6/c1-29-7-19-37(20-8-29)49-41(33-15-11-31(25-45)12-16-33)39(35-5-3-23-47-27-35)44-43(49)40(36-6-4-24-48-28-36)42(34-17-13-32(26-46)14-18-34)50(44)38-21-9-30(2)10-22-38;2*1-2/h3-24,27-28H,1-2H3;2*1-2H3. The van der Waals surface area contributed by atoms with E-state index >= 15 is 0 Å². The largest absolute Gasteiger partial charge is 0.306 e. The van der Waals surface area contributed by atoms with E-state index in [1.54, 1.807) is 12.4 Å². The Morgan fingerprint density at radius 1 is 0.444 bits per heavy atom. The van der Waals surface area contributed by atoms with Gasteiger partial charge in [-0.3, -0.25) is 9.97 Å². The summed E-state index contributed by atoms with van der Waals surface area (Å²) in [5, 5.41) is 19.4. The maximum absolute atomic E-state index is 9.70. The van der Waals surface area contributed by atoms with E-state index < -0.39 is 0 Å². The zero-order chi connectivity index (χ0) is 38.2. The first kappa shape index (κ1) is 36.8. The Labute approximate surface area is 317 Å². The summed E-state index contributed by atoms with van der Waals surface area (Å²) in [5.74, 6) is 0. The molecule has 264 valence electrons. The predicted molar refractivity (Wildman–Crippen MR) is 222 cm³/mol. The third kappa shape index (κ3) is 6.82. The molecule has 0 aliphatic carbocycles. The van der Waals surface area contributed by atoms with Gasteiger partial charge >= 0.3 is 0 Å². The summed E-state index contributed by atoms with van der Waals surface area (Å²) in [7, 11) is 0. The Bertz CT molecular complexity index is 2380. The highest BCUT2D eigenvalue weighted by Gasteiger charge is 2.32. The van der Waals surface area contributed by atoms with E-state index in [1.807, 2.05) is 101 Å². The molecule has 0 fully saturated rings. The average Bonchev–Trinajstić information content (AvgIpc) is 3.76. The number of hydrogen-bond donors (Lipinski definition) is 0. The van der Waals surface area contributed by atoms with Crippen molar-refractivity contribution in [3.63, 3.8) is 0 Å². The highest BCUT2D eigenvalue weighted by molar-refractivity contribution is 6.14. The lowest BCUT2D eigenvalue weighted by atomic mass is 10.0. The number of nitriles is 2. The molecule has 0 unspecified atom stereocenters. The van der Waals surface area contributed by atoms with Crippen molar-refractivity contribution < 1.29 is 0 Å². The van der Waals surface area contributed by atoms with Crippen LogP contribution in [0.1, 0.15) is 49.9 Å². The SMILES string of the molecule is CC.CC.Cc1ccc(-n2c(-c3ccc(C#N)cc3)c(-c3cccnc3)c3c2c(-c2cccnc2)c(-c2ccc(C#N)cc2)n3-c2ccc(C)cc2)cc1. The van der Waals surface area contributed by atoms with E-state index in [-0.39, 0.29) is 0 Å². The van der Waals surface area contributed by atoms with Crippen molar-refractivity contribution in [1.29, 1.82) is 10.5 Å². The molecule has 4 aromatic heterocycles. The lowest BCUT2D eigenvalue weighted by Crippen LogP contribution is -2.01. The third-order valence-electron chi connectivity index (χ3n) is 9.13. The topological polar surface area (TPSA) is 83.2 Å². The molecule has 4 heterocycles. The predicted octanol–water partition coefficient (Wildman–Crippen LogP) is 12.3. The minimum absolute atomic E-state index is 0.595. The van der Waals surface area contributed by atoms with Crippen molar-refractivity contribution in [2.45, 2.75) is 41.5 Å². The number of nitrogens with zero attached hydrogens (tertiary/aromatic N) is 6. The first-order chi connectivity index (χ1) is 26.6. The first-order valence-corrected chi connectivity index (χ1v) is 18.3. The van der Waals surface area contributed by atoms with Crippen LogP contribution in [0, 0.1) is 36.5 Å². The van der Waals surface area contributed by atoms with Crippen LogP contribution >= 0.6 is 0 Å². The molecule has 0 saturated heterocycles. The minimum atomic E-state index is 0.595. The quantitative estimate of drug-likeness (QED) is 0.173. The van der Waals surface area contributed by atoms with E-state index in [1.165, 1.54) is 0 Å². The van der Waals surface area contributed by atoms with Crippen molar-refractivity contribution in [2.75, 3.05) is 0 Å². The van der Waals surface area contributed by atoms with Gasteiger partial charge in [-0.25, -0.2) is 0 Å². The van der Waals surface area contributed by atoms with Crippen molar-refractivity contribution in [1.82, 2.24) is 19.1 Å². The van der Waals surface area contributed by atoms with Crippen LogP contribution in [0.2, 0.25) is 0 Å². The molecule has 6 heteroatoms. The number of aryl methyl sites for hydroxylation is 2. The van der Waals surface area contributed by atoms with Gasteiger partial charge in [-0.1, -0.05) is 99.5 Å². The zero-order valence-electron chi connectivity index (χ0n) is 31.5. The number of rotatable bonds is 6. The molecule has 0 atom stereocenters. The molecule has 0 N–H and O–H groups in total. The Morgan fingerprint density at radius 2 is 0.796 bits per heavy atom. The van der Waals surface area contributed by atoms with Crippen LogP contribution in [0.5, 0.6) is 0 Å². The van der Waals surface area contributed by atoms with Crippen LogP contribution in [0.3, 0.4) is 0 Å². The van der Waals surface area contributed by atoms with Crippen LogP contribution < -0.4 is 0 Å². The van der Waals surface area contributed by atoms with Gasteiger partial charge in [-0.05, 0) is 85.6 Å². The zero-order valence-corrected chi connectivity index (χ0v) is 31.5. The summed E-state index contributed by atoms with van der Waals surface area (Å²) < 4.78 is 4.69. The van der Waals surface area contributed by atoms with E-state index in [4.69, 9.17) is 0 Å². The Morgan fingerprint density at radius 3 is 1.09 bits per heavy atom. The summed E-state index contributed by atoms with van der Waals surface area (Å²) in [6.07, 6.45) is 7.42. The van der Waals surface area contributed by atoms with Crippen molar-refractivity contribution in [3.8, 4) is 68.3 Å². The van der Waals surface area contributed by atoms with Crippen molar-refractivity contribution in [2.24, 2.45) is 0 Å². The molecule has 0 saturated carbocycles. The first-order valence-electron chi connectivity index (χ1n) is 18.3. The molecule has 0 aliphatic heterocycles. The second-order valence-corrected chi connectivity index (χ2v) is 12.3. The van der Waals surface area contributed by atoms with Gasteiger partial charge in [0.2, 0.25) is 0 Å². The molecular formula is C48H42N6. The van der Waals surface area contributed by atoms with E-state index in [0.29, 0.717) is 11.1 Å². The molecule has 0 amide bonds. The van der Waals surface area contributed by atoms with Gasteiger partial charge in [0, 0.05) is 58.4 Å². The van der Waals surface area contributed by atoms with Crippen LogP contribution in [0.4, 0.5) is 0 Å². The molecule has 0 spiro atoms. The molecule has 6 nitrogen and oxygen atoms in total. The number of aromatic nitrogens is 4. The molecule has 0 radical (unpaired) electrons. The van der Waals surface area contributed by atoms with E-state index in [0.717, 1.165) is 78.3 Å². The minimum Gasteiger partial charge on any atom is -0.306 e. The second kappa shape index (κ2) is 16.5. The third-order valence-corrected chi connectivity index (χ3v) is 9.13. The maximum atomic E-state index is 9.70. The van der Waals surface area contributed by atoms with E-state index in [9.17, 15) is 10.5 Å². The fourth-order valence-corrected chi connectivity index (χ4v) is 6.77.